The summed E-state index contributed by atoms with van der Waals surface area (Å²) in [5.74, 6) is 0.143. The first-order chi connectivity index (χ1) is 8.09. The monoisotopic (exact) mass is 268 g/mol. The predicted octanol–water partition coefficient (Wildman–Crippen LogP) is 3.70. The highest BCUT2D eigenvalue weighted by Crippen LogP contribution is 2.29. The molecule has 5 heteroatoms. The second-order valence-electron chi connectivity index (χ2n) is 3.27. The van der Waals surface area contributed by atoms with E-state index in [0.717, 1.165) is 0 Å². The molecule has 0 aliphatic heterocycles. The van der Waals surface area contributed by atoms with Crippen LogP contribution >= 0.6 is 23.2 Å². The highest BCUT2D eigenvalue weighted by molar-refractivity contribution is 6.69. The van der Waals surface area contributed by atoms with Gasteiger partial charge in [0.15, 0.2) is 5.76 Å². The lowest BCUT2D eigenvalue weighted by Crippen LogP contribution is -1.88. The molecule has 0 aliphatic carbocycles. The number of rotatable bonds is 3. The van der Waals surface area contributed by atoms with E-state index in [1.807, 2.05) is 6.07 Å². The van der Waals surface area contributed by atoms with Gasteiger partial charge in [0.25, 0.3) is 10.5 Å². The fourth-order valence-electron chi connectivity index (χ4n) is 1.44. The van der Waals surface area contributed by atoms with Gasteiger partial charge in [-0.15, -0.1) is 0 Å². The second kappa shape index (κ2) is 4.73. The average Bonchev–Trinajstić information content (AvgIpc) is 2.75. The zero-order valence-corrected chi connectivity index (χ0v) is 9.96. The molecule has 0 spiro atoms. The molecule has 0 saturated heterocycles. The molecule has 0 unspecified atom stereocenters. The number of benzene rings is 1. The maximum Gasteiger partial charge on any atom is 0.287 e. The fourth-order valence-corrected chi connectivity index (χ4v) is 1.67. The third-order valence-electron chi connectivity index (χ3n) is 2.17. The van der Waals surface area contributed by atoms with Crippen molar-refractivity contribution in [3.05, 3.63) is 47.7 Å². The third-order valence-corrected chi connectivity index (χ3v) is 2.56. The van der Waals surface area contributed by atoms with Crippen LogP contribution in [-0.4, -0.2) is 10.5 Å². The number of carbonyl (C=O) groups excluding carboxylic acids is 2. The van der Waals surface area contributed by atoms with Crippen molar-refractivity contribution in [2.45, 2.75) is 0 Å². The van der Waals surface area contributed by atoms with Gasteiger partial charge in [-0.2, -0.15) is 0 Å². The summed E-state index contributed by atoms with van der Waals surface area (Å²) in [5.41, 5.74) is 0.780. The molecule has 0 N–H and O–H groups in total. The molecule has 17 heavy (non-hydrogen) atoms. The van der Waals surface area contributed by atoms with E-state index in [4.69, 9.17) is 27.6 Å². The Labute approximate surface area is 107 Å². The van der Waals surface area contributed by atoms with Crippen LogP contribution in [0.3, 0.4) is 0 Å². The Hall–Kier alpha value is -1.58. The molecular weight excluding hydrogens is 263 g/mol. The Balaban J connectivity index is 2.60. The van der Waals surface area contributed by atoms with Gasteiger partial charge in [-0.1, -0.05) is 30.3 Å². The van der Waals surface area contributed by atoms with E-state index in [2.05, 4.69) is 0 Å². The molecule has 0 amide bonds. The lowest BCUT2D eigenvalue weighted by Gasteiger charge is -1.97. The van der Waals surface area contributed by atoms with Gasteiger partial charge in [0.05, 0.1) is 5.56 Å². The summed E-state index contributed by atoms with van der Waals surface area (Å²) >= 11 is 10.7. The minimum absolute atomic E-state index is 0.102. The van der Waals surface area contributed by atoms with Crippen molar-refractivity contribution in [1.29, 1.82) is 0 Å². The van der Waals surface area contributed by atoms with Crippen LogP contribution in [0.1, 0.15) is 20.9 Å². The van der Waals surface area contributed by atoms with Crippen molar-refractivity contribution in [2.75, 3.05) is 0 Å². The highest BCUT2D eigenvalue weighted by Gasteiger charge is 2.20. The quantitative estimate of drug-likeness (QED) is 0.798. The first-order valence-electron chi connectivity index (χ1n) is 4.68. The molecule has 86 valence electrons. The number of hydrogen-bond donors (Lipinski definition) is 0. The van der Waals surface area contributed by atoms with Crippen LogP contribution in [0.4, 0.5) is 0 Å². The third kappa shape index (κ3) is 2.40. The topological polar surface area (TPSA) is 47.3 Å². The van der Waals surface area contributed by atoms with Crippen molar-refractivity contribution in [1.82, 2.24) is 0 Å². The van der Waals surface area contributed by atoms with E-state index < -0.39 is 10.5 Å². The van der Waals surface area contributed by atoms with Crippen molar-refractivity contribution in [2.24, 2.45) is 0 Å². The molecule has 0 atom stereocenters. The smallest absolute Gasteiger partial charge is 0.287 e. The molecule has 2 aromatic rings. The molecule has 1 aromatic carbocycles. The van der Waals surface area contributed by atoms with Gasteiger partial charge in [0.1, 0.15) is 5.76 Å². The highest BCUT2D eigenvalue weighted by atomic mass is 35.5. The molecule has 1 aromatic heterocycles. The second-order valence-corrected chi connectivity index (χ2v) is 3.95. The number of carbonyl (C=O) groups is 2. The predicted molar refractivity (Wildman–Crippen MR) is 64.5 cm³/mol. The first-order valence-corrected chi connectivity index (χ1v) is 5.44. The van der Waals surface area contributed by atoms with Crippen molar-refractivity contribution in [3.8, 4) is 11.3 Å². The summed E-state index contributed by atoms with van der Waals surface area (Å²) in [6.45, 7) is 0. The van der Waals surface area contributed by atoms with Crippen LogP contribution in [0.5, 0.6) is 0 Å². The van der Waals surface area contributed by atoms with E-state index in [9.17, 15) is 9.59 Å². The molecular formula is C12H6Cl2O3. The summed E-state index contributed by atoms with van der Waals surface area (Å²) in [6.07, 6.45) is 0. The Morgan fingerprint density at radius 1 is 1.00 bits per heavy atom. The minimum atomic E-state index is -0.772. The lowest BCUT2D eigenvalue weighted by molar-refractivity contribution is 0.105. The van der Waals surface area contributed by atoms with Crippen molar-refractivity contribution >= 4 is 33.7 Å². The van der Waals surface area contributed by atoms with Gasteiger partial charge < -0.3 is 4.42 Å². The Morgan fingerprint density at radius 3 is 2.18 bits per heavy atom. The van der Waals surface area contributed by atoms with Gasteiger partial charge in [-0.05, 0) is 23.2 Å². The summed E-state index contributed by atoms with van der Waals surface area (Å²) < 4.78 is 5.24. The number of hydrogen-bond acceptors (Lipinski definition) is 3. The summed E-state index contributed by atoms with van der Waals surface area (Å²) in [6, 6.07) is 10.1. The largest absolute Gasteiger partial charge is 0.451 e. The zero-order valence-electron chi connectivity index (χ0n) is 8.44. The van der Waals surface area contributed by atoms with Crippen LogP contribution in [0, 0.1) is 0 Å². The Morgan fingerprint density at radius 2 is 1.65 bits per heavy atom. The van der Waals surface area contributed by atoms with Crippen molar-refractivity contribution < 1.29 is 14.0 Å². The van der Waals surface area contributed by atoms with Gasteiger partial charge >= 0.3 is 0 Å². The Bertz CT molecular complexity index is 573. The summed E-state index contributed by atoms with van der Waals surface area (Å²) in [4.78, 5) is 22.2. The van der Waals surface area contributed by atoms with E-state index >= 15 is 0 Å². The number of furan rings is 1. The lowest BCUT2D eigenvalue weighted by atomic mass is 10.1. The van der Waals surface area contributed by atoms with Gasteiger partial charge in [-0.25, -0.2) is 0 Å². The standard InChI is InChI=1S/C12H6Cl2O3/c13-11(15)8-6-9(12(14)16)17-10(8)7-4-2-1-3-5-7/h1-6H. The minimum Gasteiger partial charge on any atom is -0.451 e. The molecule has 3 nitrogen and oxygen atoms in total. The van der Waals surface area contributed by atoms with E-state index in [-0.39, 0.29) is 17.1 Å². The van der Waals surface area contributed by atoms with Crippen molar-refractivity contribution in [3.63, 3.8) is 0 Å². The average molecular weight is 269 g/mol. The van der Waals surface area contributed by atoms with Gasteiger partial charge in [-0.3, -0.25) is 9.59 Å². The van der Waals surface area contributed by atoms with Crippen LogP contribution < -0.4 is 0 Å². The van der Waals surface area contributed by atoms with Crippen LogP contribution in [0.25, 0.3) is 11.3 Å². The molecule has 0 saturated carbocycles. The summed E-state index contributed by atoms with van der Waals surface area (Å²) in [7, 11) is 0. The van der Waals surface area contributed by atoms with Crippen LogP contribution in [0.15, 0.2) is 40.8 Å². The normalized spacial score (nSPS) is 10.2. The summed E-state index contributed by atoms with van der Waals surface area (Å²) in [5, 5.41) is -1.47. The first kappa shape index (κ1) is 11.9. The number of halogens is 2. The van der Waals surface area contributed by atoms with E-state index in [1.165, 1.54) is 6.07 Å². The van der Waals surface area contributed by atoms with Crippen LogP contribution in [0.2, 0.25) is 0 Å². The molecule has 0 fully saturated rings. The molecule has 1 heterocycles. The van der Waals surface area contributed by atoms with Gasteiger partial charge in [0.2, 0.25) is 0 Å². The Kier molecular flexibility index (Phi) is 3.31. The van der Waals surface area contributed by atoms with E-state index in [1.54, 1.807) is 24.3 Å². The molecule has 2 rings (SSSR count). The maximum atomic E-state index is 11.2. The van der Waals surface area contributed by atoms with Crippen LogP contribution in [-0.2, 0) is 0 Å². The molecule has 0 radical (unpaired) electrons. The molecule has 0 aliphatic rings. The fraction of sp³-hybridized carbons (Fsp3) is 0. The van der Waals surface area contributed by atoms with Gasteiger partial charge in [0, 0.05) is 11.6 Å². The SMILES string of the molecule is O=C(Cl)c1cc(C(=O)Cl)c(-c2ccccc2)o1. The molecule has 0 bridgehead atoms. The maximum absolute atomic E-state index is 11.2. The zero-order chi connectivity index (χ0) is 12.4. The van der Waals surface area contributed by atoms with E-state index in [0.29, 0.717) is 5.56 Å².